The Bertz CT molecular complexity index is 1380. The van der Waals surface area contributed by atoms with Crippen molar-refractivity contribution in [2.45, 2.75) is 0 Å². The van der Waals surface area contributed by atoms with Crippen LogP contribution in [-0.4, -0.2) is 14.5 Å². The van der Waals surface area contributed by atoms with Gasteiger partial charge in [-0.05, 0) is 36.4 Å². The van der Waals surface area contributed by atoms with Crippen molar-refractivity contribution in [1.82, 2.24) is 14.5 Å². The zero-order valence-corrected chi connectivity index (χ0v) is 15.1. The first-order chi connectivity index (χ1) is 13.9. The number of rotatable bonds is 2. The normalized spacial score (nSPS) is 11.6. The Morgan fingerprint density at radius 1 is 0.643 bits per heavy atom. The molecule has 28 heavy (non-hydrogen) atoms. The number of benzene rings is 4. The summed E-state index contributed by atoms with van der Waals surface area (Å²) in [6, 6.07) is 33.9. The van der Waals surface area contributed by atoms with Crippen molar-refractivity contribution < 1.29 is 0 Å². The monoisotopic (exact) mass is 359 g/mol. The molecule has 6 rings (SSSR count). The molecule has 0 radical (unpaired) electrons. The van der Waals surface area contributed by atoms with Gasteiger partial charge in [-0.15, -0.1) is 0 Å². The van der Waals surface area contributed by atoms with Crippen LogP contribution in [0.4, 0.5) is 0 Å². The minimum atomic E-state index is 0.892. The third-order valence-corrected chi connectivity index (χ3v) is 5.35. The number of hydrogen-bond acceptors (Lipinski definition) is 1. The van der Waals surface area contributed by atoms with Gasteiger partial charge in [0.1, 0.15) is 5.82 Å². The summed E-state index contributed by atoms with van der Waals surface area (Å²) < 4.78 is 2.33. The van der Waals surface area contributed by atoms with Gasteiger partial charge in [0.25, 0.3) is 0 Å². The molecule has 0 fully saturated rings. The number of nitrogens with one attached hydrogen (secondary N) is 1. The maximum atomic E-state index is 4.77. The van der Waals surface area contributed by atoms with Crippen LogP contribution >= 0.6 is 0 Å². The molecule has 3 nitrogen and oxygen atoms in total. The van der Waals surface area contributed by atoms with Crippen LogP contribution in [-0.2, 0) is 0 Å². The summed E-state index contributed by atoms with van der Waals surface area (Å²) in [6.45, 7) is 0. The molecule has 0 atom stereocenters. The molecule has 2 aromatic heterocycles. The van der Waals surface area contributed by atoms with Gasteiger partial charge in [-0.25, -0.2) is 4.98 Å². The Morgan fingerprint density at radius 3 is 2.07 bits per heavy atom. The van der Waals surface area contributed by atoms with E-state index in [1.54, 1.807) is 0 Å². The maximum absolute atomic E-state index is 4.77. The van der Waals surface area contributed by atoms with Crippen molar-refractivity contribution in [2.24, 2.45) is 0 Å². The van der Waals surface area contributed by atoms with Gasteiger partial charge in [-0.1, -0.05) is 60.7 Å². The van der Waals surface area contributed by atoms with E-state index in [-0.39, 0.29) is 0 Å². The van der Waals surface area contributed by atoms with E-state index in [1.807, 2.05) is 18.2 Å². The maximum Gasteiger partial charge on any atom is 0.138 e. The van der Waals surface area contributed by atoms with Crippen molar-refractivity contribution in [3.63, 3.8) is 0 Å². The van der Waals surface area contributed by atoms with Crippen LogP contribution in [0.1, 0.15) is 0 Å². The molecule has 0 bridgehead atoms. The summed E-state index contributed by atoms with van der Waals surface area (Å²) in [7, 11) is 0. The summed E-state index contributed by atoms with van der Waals surface area (Å²) in [5, 5.41) is 2.54. The average molecular weight is 359 g/mol. The molecule has 0 unspecified atom stereocenters. The largest absolute Gasteiger partial charge is 0.338 e. The molecular weight excluding hydrogens is 342 g/mol. The number of hydrogen-bond donors (Lipinski definition) is 1. The molecule has 0 aliphatic carbocycles. The van der Waals surface area contributed by atoms with E-state index in [1.165, 1.54) is 21.8 Å². The van der Waals surface area contributed by atoms with Crippen LogP contribution in [0.25, 0.3) is 49.9 Å². The highest BCUT2D eigenvalue weighted by Gasteiger charge is 2.12. The smallest absolute Gasteiger partial charge is 0.138 e. The topological polar surface area (TPSA) is 33.6 Å². The van der Waals surface area contributed by atoms with Crippen molar-refractivity contribution >= 4 is 32.8 Å². The lowest BCUT2D eigenvalue weighted by atomic mass is 10.2. The molecule has 0 saturated heterocycles. The number of aromatic amines is 1. The fourth-order valence-corrected chi connectivity index (χ4v) is 4.08. The van der Waals surface area contributed by atoms with E-state index >= 15 is 0 Å². The summed E-state index contributed by atoms with van der Waals surface area (Å²) in [5.41, 5.74) is 6.68. The van der Waals surface area contributed by atoms with Gasteiger partial charge < -0.3 is 9.55 Å². The first kappa shape index (κ1) is 15.2. The summed E-state index contributed by atoms with van der Waals surface area (Å²) in [4.78, 5) is 8.20. The van der Waals surface area contributed by atoms with Gasteiger partial charge in [0.2, 0.25) is 0 Å². The quantitative estimate of drug-likeness (QED) is 0.385. The zero-order valence-electron chi connectivity index (χ0n) is 15.1. The Hall–Kier alpha value is -3.85. The Balaban J connectivity index is 1.61. The van der Waals surface area contributed by atoms with Crippen molar-refractivity contribution in [2.75, 3.05) is 0 Å². The predicted octanol–water partition coefficient (Wildman–Crippen LogP) is 6.33. The first-order valence-electron chi connectivity index (χ1n) is 9.42. The van der Waals surface area contributed by atoms with Crippen LogP contribution in [0.5, 0.6) is 0 Å². The number of fused-ring (bicyclic) bond motifs is 4. The predicted molar refractivity (Wildman–Crippen MR) is 116 cm³/mol. The molecular formula is C25H17N3. The van der Waals surface area contributed by atoms with E-state index in [0.717, 1.165) is 28.1 Å². The molecule has 132 valence electrons. The molecule has 0 aliphatic heterocycles. The van der Waals surface area contributed by atoms with Gasteiger partial charge in [0, 0.05) is 22.0 Å². The van der Waals surface area contributed by atoms with E-state index in [4.69, 9.17) is 4.98 Å². The fraction of sp³-hybridized carbons (Fsp3) is 0. The molecule has 0 amide bonds. The van der Waals surface area contributed by atoms with E-state index in [2.05, 4.69) is 88.4 Å². The standard InChI is InChI=1S/C25H17N3/c1-5-14-23-19(10-1)20-11-2-6-15-24(20)28(23)18-9-7-8-17(16-18)25-26-21-12-3-4-13-22(21)27-25/h1-16H,(H,26,27). The third kappa shape index (κ3) is 2.20. The summed E-state index contributed by atoms with van der Waals surface area (Å²) in [6.07, 6.45) is 0. The number of nitrogens with zero attached hydrogens (tertiary/aromatic N) is 2. The molecule has 0 saturated carbocycles. The first-order valence-corrected chi connectivity index (χ1v) is 9.42. The highest BCUT2D eigenvalue weighted by atomic mass is 15.0. The lowest BCUT2D eigenvalue weighted by Gasteiger charge is -2.09. The highest BCUT2D eigenvalue weighted by Crippen LogP contribution is 2.32. The SMILES string of the molecule is c1cc(-c2nc3ccccc3[nH]2)cc(-n2c3ccccc3c3ccccc32)c1. The Kier molecular flexibility index (Phi) is 3.17. The second-order valence-electron chi connectivity index (χ2n) is 7.02. The number of imidazole rings is 1. The lowest BCUT2D eigenvalue weighted by Crippen LogP contribution is -1.94. The molecule has 6 aromatic rings. The Labute approximate surface area is 161 Å². The number of aromatic nitrogens is 3. The minimum absolute atomic E-state index is 0.892. The highest BCUT2D eigenvalue weighted by molar-refractivity contribution is 6.09. The summed E-state index contributed by atoms with van der Waals surface area (Å²) in [5.74, 6) is 0.892. The van der Waals surface area contributed by atoms with Crippen LogP contribution < -0.4 is 0 Å². The lowest BCUT2D eigenvalue weighted by molar-refractivity contribution is 1.18. The van der Waals surface area contributed by atoms with Crippen LogP contribution in [0, 0.1) is 0 Å². The van der Waals surface area contributed by atoms with E-state index in [9.17, 15) is 0 Å². The van der Waals surface area contributed by atoms with Gasteiger partial charge in [-0.2, -0.15) is 0 Å². The number of para-hydroxylation sites is 4. The molecule has 4 aromatic carbocycles. The number of H-pyrrole nitrogens is 1. The van der Waals surface area contributed by atoms with Crippen molar-refractivity contribution in [3.05, 3.63) is 97.1 Å². The van der Waals surface area contributed by atoms with Gasteiger partial charge in [-0.3, -0.25) is 0 Å². The third-order valence-electron chi connectivity index (χ3n) is 5.35. The van der Waals surface area contributed by atoms with Crippen LogP contribution in [0.2, 0.25) is 0 Å². The van der Waals surface area contributed by atoms with Crippen LogP contribution in [0.3, 0.4) is 0 Å². The van der Waals surface area contributed by atoms with Crippen molar-refractivity contribution in [3.8, 4) is 17.1 Å². The van der Waals surface area contributed by atoms with Gasteiger partial charge in [0.05, 0.1) is 22.1 Å². The molecule has 3 heteroatoms. The van der Waals surface area contributed by atoms with E-state index in [0.29, 0.717) is 0 Å². The van der Waals surface area contributed by atoms with Crippen molar-refractivity contribution in [1.29, 1.82) is 0 Å². The Morgan fingerprint density at radius 2 is 1.32 bits per heavy atom. The van der Waals surface area contributed by atoms with Crippen LogP contribution in [0.15, 0.2) is 97.1 Å². The second kappa shape index (κ2) is 5.83. The molecule has 1 N–H and O–H groups in total. The van der Waals surface area contributed by atoms with E-state index < -0.39 is 0 Å². The molecule has 2 heterocycles. The van der Waals surface area contributed by atoms with Gasteiger partial charge >= 0.3 is 0 Å². The molecule has 0 aliphatic rings. The fourth-order valence-electron chi connectivity index (χ4n) is 4.08. The summed E-state index contributed by atoms with van der Waals surface area (Å²) >= 11 is 0. The minimum Gasteiger partial charge on any atom is -0.338 e. The van der Waals surface area contributed by atoms with Gasteiger partial charge in [0.15, 0.2) is 0 Å². The average Bonchev–Trinajstić information content (AvgIpc) is 3.33. The molecule has 0 spiro atoms. The zero-order chi connectivity index (χ0) is 18.5. The second-order valence-corrected chi connectivity index (χ2v) is 7.02.